The third-order valence-corrected chi connectivity index (χ3v) is 1.74. The monoisotopic (exact) mass is 163 g/mol. The van der Waals surface area contributed by atoms with Gasteiger partial charge in [0.25, 0.3) is 0 Å². The highest BCUT2D eigenvalue weighted by molar-refractivity contribution is 5.95. The lowest BCUT2D eigenvalue weighted by Gasteiger charge is -1.97. The Balaban J connectivity index is 2.54. The van der Waals surface area contributed by atoms with Crippen LogP contribution in [0.3, 0.4) is 0 Å². The van der Waals surface area contributed by atoms with E-state index in [1.807, 2.05) is 6.07 Å². The van der Waals surface area contributed by atoms with Crippen molar-refractivity contribution in [3.05, 3.63) is 30.1 Å². The molecule has 0 bridgehead atoms. The Kier molecular flexibility index (Phi) is 3.45. The predicted molar refractivity (Wildman–Crippen MR) is 48.1 cm³/mol. The van der Waals surface area contributed by atoms with Crippen LogP contribution in [0.5, 0.6) is 0 Å². The van der Waals surface area contributed by atoms with Crippen molar-refractivity contribution in [1.82, 2.24) is 4.98 Å². The van der Waals surface area contributed by atoms with E-state index in [2.05, 4.69) is 11.9 Å². The molecule has 0 radical (unpaired) electrons. The van der Waals surface area contributed by atoms with Gasteiger partial charge in [0.15, 0.2) is 5.78 Å². The summed E-state index contributed by atoms with van der Waals surface area (Å²) in [5.74, 6) is 0.199. The molecule has 0 aliphatic heterocycles. The summed E-state index contributed by atoms with van der Waals surface area (Å²) in [5.41, 5.74) is 0.728. The van der Waals surface area contributed by atoms with Crippen LogP contribution in [0.4, 0.5) is 0 Å². The normalized spacial score (nSPS) is 9.75. The summed E-state index contributed by atoms with van der Waals surface area (Å²) in [5, 5.41) is 0. The summed E-state index contributed by atoms with van der Waals surface area (Å²) in [4.78, 5) is 15.3. The van der Waals surface area contributed by atoms with Crippen LogP contribution < -0.4 is 0 Å². The first-order valence-electron chi connectivity index (χ1n) is 4.28. The zero-order chi connectivity index (χ0) is 8.81. The van der Waals surface area contributed by atoms with Gasteiger partial charge in [0.2, 0.25) is 0 Å². The van der Waals surface area contributed by atoms with Crippen molar-refractivity contribution in [3.63, 3.8) is 0 Å². The Morgan fingerprint density at radius 2 is 2.42 bits per heavy atom. The van der Waals surface area contributed by atoms with Crippen molar-refractivity contribution in [3.8, 4) is 0 Å². The highest BCUT2D eigenvalue weighted by atomic mass is 16.1. The number of hydrogen-bond donors (Lipinski definition) is 0. The molecule has 0 saturated carbocycles. The zero-order valence-electron chi connectivity index (χ0n) is 7.29. The molecular weight excluding hydrogens is 150 g/mol. The highest BCUT2D eigenvalue weighted by Gasteiger charge is 2.03. The molecule has 0 amide bonds. The van der Waals surface area contributed by atoms with Gasteiger partial charge in [-0.2, -0.15) is 0 Å². The standard InChI is InChI=1S/C10H13NO/c1-2-3-6-10(12)9-5-4-7-11-8-9/h4-5,7-8H,2-3,6H2,1H3. The Labute approximate surface area is 72.6 Å². The molecule has 1 aromatic heterocycles. The van der Waals surface area contributed by atoms with E-state index in [0.29, 0.717) is 6.42 Å². The van der Waals surface area contributed by atoms with E-state index in [1.165, 1.54) is 0 Å². The van der Waals surface area contributed by atoms with Crippen molar-refractivity contribution >= 4 is 5.78 Å². The second kappa shape index (κ2) is 4.65. The number of carbonyl (C=O) groups is 1. The fraction of sp³-hybridized carbons (Fsp3) is 0.400. The van der Waals surface area contributed by atoms with E-state index in [1.54, 1.807) is 18.5 Å². The molecule has 1 rings (SSSR count). The van der Waals surface area contributed by atoms with E-state index >= 15 is 0 Å². The highest BCUT2D eigenvalue weighted by Crippen LogP contribution is 2.04. The molecule has 64 valence electrons. The summed E-state index contributed by atoms with van der Waals surface area (Å²) < 4.78 is 0. The Morgan fingerprint density at radius 1 is 1.58 bits per heavy atom. The first kappa shape index (κ1) is 8.91. The van der Waals surface area contributed by atoms with Gasteiger partial charge >= 0.3 is 0 Å². The van der Waals surface area contributed by atoms with E-state index in [9.17, 15) is 4.79 Å². The summed E-state index contributed by atoms with van der Waals surface area (Å²) in [6.45, 7) is 2.08. The molecule has 0 fully saturated rings. The van der Waals surface area contributed by atoms with Crippen molar-refractivity contribution in [2.75, 3.05) is 0 Å². The van der Waals surface area contributed by atoms with Gasteiger partial charge in [0, 0.05) is 24.4 Å². The SMILES string of the molecule is CCCCC(=O)c1cccnc1. The molecule has 0 spiro atoms. The van der Waals surface area contributed by atoms with Gasteiger partial charge < -0.3 is 0 Å². The molecule has 0 saturated heterocycles. The van der Waals surface area contributed by atoms with Crippen LogP contribution in [-0.2, 0) is 0 Å². The number of pyridine rings is 1. The number of rotatable bonds is 4. The maximum Gasteiger partial charge on any atom is 0.164 e. The van der Waals surface area contributed by atoms with Gasteiger partial charge in [-0.25, -0.2) is 0 Å². The van der Waals surface area contributed by atoms with E-state index < -0.39 is 0 Å². The average molecular weight is 163 g/mol. The van der Waals surface area contributed by atoms with Gasteiger partial charge in [-0.3, -0.25) is 9.78 Å². The predicted octanol–water partition coefficient (Wildman–Crippen LogP) is 2.45. The molecular formula is C10H13NO. The van der Waals surface area contributed by atoms with Crippen LogP contribution in [0.2, 0.25) is 0 Å². The summed E-state index contributed by atoms with van der Waals surface area (Å²) in [7, 11) is 0. The molecule has 0 unspecified atom stereocenters. The van der Waals surface area contributed by atoms with Crippen LogP contribution in [0, 0.1) is 0 Å². The number of aromatic nitrogens is 1. The molecule has 12 heavy (non-hydrogen) atoms. The lowest BCUT2D eigenvalue weighted by Crippen LogP contribution is -1.98. The first-order valence-corrected chi connectivity index (χ1v) is 4.28. The average Bonchev–Trinajstić information content (AvgIpc) is 2.15. The molecule has 1 aromatic rings. The van der Waals surface area contributed by atoms with E-state index in [0.717, 1.165) is 18.4 Å². The number of Topliss-reactive ketones (excluding diaryl/α,β-unsaturated/α-hetero) is 1. The smallest absolute Gasteiger partial charge is 0.164 e. The Hall–Kier alpha value is -1.18. The first-order chi connectivity index (χ1) is 5.84. The molecule has 2 nitrogen and oxygen atoms in total. The molecule has 0 atom stereocenters. The number of unbranched alkanes of at least 4 members (excludes halogenated alkanes) is 1. The molecule has 0 aliphatic carbocycles. The molecule has 0 aromatic carbocycles. The van der Waals surface area contributed by atoms with Crippen molar-refractivity contribution < 1.29 is 4.79 Å². The number of ketones is 1. The zero-order valence-corrected chi connectivity index (χ0v) is 7.29. The molecule has 1 heterocycles. The topological polar surface area (TPSA) is 30.0 Å². The minimum Gasteiger partial charge on any atom is -0.294 e. The number of nitrogens with zero attached hydrogens (tertiary/aromatic N) is 1. The Morgan fingerprint density at radius 3 is 3.00 bits per heavy atom. The maximum atomic E-state index is 11.4. The minimum absolute atomic E-state index is 0.199. The van der Waals surface area contributed by atoms with Crippen LogP contribution in [-0.4, -0.2) is 10.8 Å². The fourth-order valence-electron chi connectivity index (χ4n) is 1.01. The summed E-state index contributed by atoms with van der Waals surface area (Å²) in [6.07, 6.45) is 5.97. The molecule has 0 aliphatic rings. The largest absolute Gasteiger partial charge is 0.294 e. The Bertz CT molecular complexity index is 243. The quantitative estimate of drug-likeness (QED) is 0.638. The summed E-state index contributed by atoms with van der Waals surface area (Å²) >= 11 is 0. The van der Waals surface area contributed by atoms with Gasteiger partial charge in [-0.05, 0) is 18.6 Å². The van der Waals surface area contributed by atoms with Crippen molar-refractivity contribution in [1.29, 1.82) is 0 Å². The molecule has 2 heteroatoms. The van der Waals surface area contributed by atoms with Gasteiger partial charge in [-0.15, -0.1) is 0 Å². The van der Waals surface area contributed by atoms with Crippen molar-refractivity contribution in [2.45, 2.75) is 26.2 Å². The molecule has 0 N–H and O–H groups in total. The maximum absolute atomic E-state index is 11.4. The van der Waals surface area contributed by atoms with E-state index in [-0.39, 0.29) is 5.78 Å². The van der Waals surface area contributed by atoms with Gasteiger partial charge in [-0.1, -0.05) is 13.3 Å². The minimum atomic E-state index is 0.199. The number of carbonyl (C=O) groups excluding carboxylic acids is 1. The number of hydrogen-bond acceptors (Lipinski definition) is 2. The van der Waals surface area contributed by atoms with Gasteiger partial charge in [0.1, 0.15) is 0 Å². The summed E-state index contributed by atoms with van der Waals surface area (Å²) in [6, 6.07) is 3.60. The lowest BCUT2D eigenvalue weighted by atomic mass is 10.1. The van der Waals surface area contributed by atoms with Crippen LogP contribution in [0.15, 0.2) is 24.5 Å². The third-order valence-electron chi connectivity index (χ3n) is 1.74. The van der Waals surface area contributed by atoms with Crippen LogP contribution in [0.1, 0.15) is 36.5 Å². The second-order valence-corrected chi connectivity index (χ2v) is 2.77. The van der Waals surface area contributed by atoms with Crippen LogP contribution >= 0.6 is 0 Å². The van der Waals surface area contributed by atoms with Crippen LogP contribution in [0.25, 0.3) is 0 Å². The van der Waals surface area contributed by atoms with Crippen molar-refractivity contribution in [2.24, 2.45) is 0 Å². The fourth-order valence-corrected chi connectivity index (χ4v) is 1.01. The lowest BCUT2D eigenvalue weighted by molar-refractivity contribution is 0.0979. The second-order valence-electron chi connectivity index (χ2n) is 2.77. The van der Waals surface area contributed by atoms with Gasteiger partial charge in [0.05, 0.1) is 0 Å². The van der Waals surface area contributed by atoms with E-state index in [4.69, 9.17) is 0 Å². The third kappa shape index (κ3) is 2.46.